The number of halogens is 1. The number of hydrogen-bond acceptors (Lipinski definition) is 3. The second-order valence-electron chi connectivity index (χ2n) is 4.25. The molecule has 0 fully saturated rings. The minimum absolute atomic E-state index is 0.218. The van der Waals surface area contributed by atoms with Gasteiger partial charge in [0.15, 0.2) is 0 Å². The predicted octanol–water partition coefficient (Wildman–Crippen LogP) is 1.35. The number of benzene rings is 1. The van der Waals surface area contributed by atoms with E-state index in [0.717, 1.165) is 12.0 Å². The molecule has 2 unspecified atom stereocenters. The molecule has 4 heteroatoms. The molecule has 17 heavy (non-hydrogen) atoms. The van der Waals surface area contributed by atoms with Crippen molar-refractivity contribution < 1.29 is 14.2 Å². The van der Waals surface area contributed by atoms with Gasteiger partial charge in [-0.05, 0) is 31.0 Å². The highest BCUT2D eigenvalue weighted by molar-refractivity contribution is 5.16. The molecule has 0 amide bonds. The highest BCUT2D eigenvalue weighted by atomic mass is 19.1. The van der Waals surface area contributed by atoms with Crippen LogP contribution in [0, 0.1) is 5.82 Å². The topological polar surface area (TPSA) is 41.5 Å². The van der Waals surface area contributed by atoms with E-state index in [0.29, 0.717) is 13.2 Å². The molecule has 0 aliphatic carbocycles. The molecular weight excluding hydrogens is 221 g/mol. The lowest BCUT2D eigenvalue weighted by atomic mass is 10.1. The van der Waals surface area contributed by atoms with Gasteiger partial charge in [0.05, 0.1) is 12.7 Å². The Kier molecular flexibility index (Phi) is 6.11. The average molecular weight is 241 g/mol. The molecule has 0 saturated heterocycles. The highest BCUT2D eigenvalue weighted by Crippen LogP contribution is 2.05. The van der Waals surface area contributed by atoms with Crippen LogP contribution in [-0.2, 0) is 11.2 Å². The van der Waals surface area contributed by atoms with E-state index in [4.69, 9.17) is 4.74 Å². The Balaban J connectivity index is 2.29. The maximum absolute atomic E-state index is 12.7. The van der Waals surface area contributed by atoms with E-state index in [1.54, 1.807) is 19.2 Å². The summed E-state index contributed by atoms with van der Waals surface area (Å²) in [5.41, 5.74) is 1.08. The molecule has 0 spiro atoms. The molecule has 3 nitrogen and oxygen atoms in total. The third-order valence-corrected chi connectivity index (χ3v) is 2.52. The molecule has 1 aromatic rings. The van der Waals surface area contributed by atoms with Crippen molar-refractivity contribution in [2.24, 2.45) is 0 Å². The van der Waals surface area contributed by atoms with Crippen molar-refractivity contribution in [2.45, 2.75) is 25.5 Å². The first-order valence-corrected chi connectivity index (χ1v) is 5.76. The zero-order valence-electron chi connectivity index (χ0n) is 10.3. The molecular formula is C13H20FNO2. The van der Waals surface area contributed by atoms with Crippen LogP contribution in [0.5, 0.6) is 0 Å². The monoisotopic (exact) mass is 241 g/mol. The smallest absolute Gasteiger partial charge is 0.123 e. The maximum Gasteiger partial charge on any atom is 0.123 e. The standard InChI is InChI=1S/C13H20FNO2/c1-10(15-8-13(16)9-17-2)7-11-3-5-12(14)6-4-11/h3-6,10,13,15-16H,7-9H2,1-2H3. The first-order chi connectivity index (χ1) is 8.11. The van der Waals surface area contributed by atoms with Crippen molar-refractivity contribution in [3.63, 3.8) is 0 Å². The summed E-state index contributed by atoms with van der Waals surface area (Å²) in [4.78, 5) is 0. The fraction of sp³-hybridized carbons (Fsp3) is 0.538. The van der Waals surface area contributed by atoms with Gasteiger partial charge in [0.1, 0.15) is 5.82 Å². The molecule has 2 atom stereocenters. The first kappa shape index (κ1) is 14.1. The zero-order chi connectivity index (χ0) is 12.7. The van der Waals surface area contributed by atoms with Crippen molar-refractivity contribution in [3.8, 4) is 0 Å². The Hall–Kier alpha value is -0.970. The normalized spacial score (nSPS) is 14.6. The van der Waals surface area contributed by atoms with Crippen LogP contribution >= 0.6 is 0 Å². The van der Waals surface area contributed by atoms with Crippen LogP contribution in [-0.4, -0.2) is 37.5 Å². The lowest BCUT2D eigenvalue weighted by Crippen LogP contribution is -2.36. The van der Waals surface area contributed by atoms with E-state index in [2.05, 4.69) is 5.32 Å². The lowest BCUT2D eigenvalue weighted by molar-refractivity contribution is 0.0631. The quantitative estimate of drug-likeness (QED) is 0.757. The molecule has 1 rings (SSSR count). The molecule has 0 heterocycles. The summed E-state index contributed by atoms with van der Waals surface area (Å²) >= 11 is 0. The van der Waals surface area contributed by atoms with Gasteiger partial charge in [-0.25, -0.2) is 4.39 Å². The van der Waals surface area contributed by atoms with Gasteiger partial charge in [-0.15, -0.1) is 0 Å². The van der Waals surface area contributed by atoms with Gasteiger partial charge in [-0.1, -0.05) is 12.1 Å². The molecule has 0 radical (unpaired) electrons. The number of rotatable bonds is 7. The van der Waals surface area contributed by atoms with Gasteiger partial charge in [0.2, 0.25) is 0 Å². The molecule has 1 aromatic carbocycles. The third-order valence-electron chi connectivity index (χ3n) is 2.52. The van der Waals surface area contributed by atoms with Crippen LogP contribution in [0.4, 0.5) is 4.39 Å². The summed E-state index contributed by atoms with van der Waals surface area (Å²) in [7, 11) is 1.56. The summed E-state index contributed by atoms with van der Waals surface area (Å²) in [6.45, 7) is 2.86. The Morgan fingerprint density at radius 1 is 1.35 bits per heavy atom. The molecule has 0 aliphatic heterocycles. The van der Waals surface area contributed by atoms with Crippen molar-refractivity contribution in [1.29, 1.82) is 0 Å². The third kappa shape index (κ3) is 5.77. The number of ether oxygens (including phenoxy) is 1. The van der Waals surface area contributed by atoms with Crippen LogP contribution in [0.1, 0.15) is 12.5 Å². The number of aliphatic hydroxyl groups is 1. The van der Waals surface area contributed by atoms with Crippen molar-refractivity contribution in [1.82, 2.24) is 5.32 Å². The minimum Gasteiger partial charge on any atom is -0.389 e. The van der Waals surface area contributed by atoms with Gasteiger partial charge in [-0.2, -0.15) is 0 Å². The Morgan fingerprint density at radius 2 is 2.00 bits per heavy atom. The second-order valence-corrected chi connectivity index (χ2v) is 4.25. The molecule has 0 saturated carbocycles. The molecule has 2 N–H and O–H groups in total. The zero-order valence-corrected chi connectivity index (χ0v) is 10.3. The van der Waals surface area contributed by atoms with E-state index in [1.807, 2.05) is 6.92 Å². The molecule has 0 aromatic heterocycles. The van der Waals surface area contributed by atoms with Gasteiger partial charge in [0.25, 0.3) is 0 Å². The maximum atomic E-state index is 12.7. The SMILES string of the molecule is COCC(O)CNC(C)Cc1ccc(F)cc1. The fourth-order valence-corrected chi connectivity index (χ4v) is 1.63. The van der Waals surface area contributed by atoms with Crippen LogP contribution < -0.4 is 5.32 Å². The largest absolute Gasteiger partial charge is 0.389 e. The number of aliphatic hydroxyl groups excluding tert-OH is 1. The predicted molar refractivity (Wildman–Crippen MR) is 65.5 cm³/mol. The molecule has 0 aliphatic rings. The Labute approximate surface area is 102 Å². The summed E-state index contributed by atoms with van der Waals surface area (Å²) in [5.74, 6) is -0.218. The van der Waals surface area contributed by atoms with Gasteiger partial charge >= 0.3 is 0 Å². The van der Waals surface area contributed by atoms with Crippen LogP contribution in [0.15, 0.2) is 24.3 Å². The minimum atomic E-state index is -0.490. The molecule has 96 valence electrons. The molecule has 0 bridgehead atoms. The van der Waals surface area contributed by atoms with Crippen molar-refractivity contribution in [2.75, 3.05) is 20.3 Å². The summed E-state index contributed by atoms with van der Waals surface area (Å²) < 4.78 is 17.5. The van der Waals surface area contributed by atoms with E-state index in [-0.39, 0.29) is 11.9 Å². The van der Waals surface area contributed by atoms with Crippen molar-refractivity contribution >= 4 is 0 Å². The second kappa shape index (κ2) is 7.37. The number of nitrogens with one attached hydrogen (secondary N) is 1. The Morgan fingerprint density at radius 3 is 2.59 bits per heavy atom. The van der Waals surface area contributed by atoms with Gasteiger partial charge in [0, 0.05) is 19.7 Å². The van der Waals surface area contributed by atoms with Crippen LogP contribution in [0.2, 0.25) is 0 Å². The highest BCUT2D eigenvalue weighted by Gasteiger charge is 2.07. The van der Waals surface area contributed by atoms with E-state index in [1.165, 1.54) is 12.1 Å². The number of hydrogen-bond donors (Lipinski definition) is 2. The Bertz CT molecular complexity index is 316. The van der Waals surface area contributed by atoms with Gasteiger partial charge < -0.3 is 15.2 Å². The van der Waals surface area contributed by atoms with Crippen LogP contribution in [0.3, 0.4) is 0 Å². The number of methoxy groups -OCH3 is 1. The summed E-state index contributed by atoms with van der Waals surface area (Å²) in [6, 6.07) is 6.70. The van der Waals surface area contributed by atoms with E-state index < -0.39 is 6.10 Å². The van der Waals surface area contributed by atoms with E-state index >= 15 is 0 Å². The lowest BCUT2D eigenvalue weighted by Gasteiger charge is -2.16. The average Bonchev–Trinajstić information content (AvgIpc) is 2.30. The van der Waals surface area contributed by atoms with Crippen molar-refractivity contribution in [3.05, 3.63) is 35.6 Å². The first-order valence-electron chi connectivity index (χ1n) is 5.76. The van der Waals surface area contributed by atoms with Gasteiger partial charge in [-0.3, -0.25) is 0 Å². The summed E-state index contributed by atoms with van der Waals surface area (Å²) in [6.07, 6.45) is 0.315. The van der Waals surface area contributed by atoms with E-state index in [9.17, 15) is 9.50 Å². The fourth-order valence-electron chi connectivity index (χ4n) is 1.63. The summed E-state index contributed by atoms with van der Waals surface area (Å²) in [5, 5.41) is 12.7. The van der Waals surface area contributed by atoms with Crippen LogP contribution in [0.25, 0.3) is 0 Å².